The van der Waals surface area contributed by atoms with Crippen LogP contribution in [0.5, 0.6) is 0 Å². The van der Waals surface area contributed by atoms with Crippen LogP contribution in [0.15, 0.2) is 0 Å². The number of Topliss-reactive ketones (excluding diaryl/α,β-unsaturated/α-hetero) is 1. The van der Waals surface area contributed by atoms with Gasteiger partial charge in [0.15, 0.2) is 5.78 Å². The fourth-order valence-corrected chi connectivity index (χ4v) is 0.733. The van der Waals surface area contributed by atoms with E-state index in [0.717, 1.165) is 19.4 Å². The Morgan fingerprint density at radius 1 is 1.58 bits per heavy atom. The molecule has 0 saturated heterocycles. The number of nitrogens with one attached hydrogen (secondary N) is 1. The lowest BCUT2D eigenvalue weighted by molar-refractivity contribution is -0.128. The number of carbonyl (C=O) groups excluding carboxylic acids is 1. The molecule has 0 bridgehead atoms. The molecule has 0 amide bonds. The number of aliphatic hydroxyl groups is 2. The van der Waals surface area contributed by atoms with Gasteiger partial charge in [0.05, 0.1) is 13.2 Å². The molecule has 0 aromatic carbocycles. The maximum atomic E-state index is 10.9. The summed E-state index contributed by atoms with van der Waals surface area (Å²) < 4.78 is 0. The van der Waals surface area contributed by atoms with Crippen LogP contribution in [0.4, 0.5) is 0 Å². The number of ketones is 1. The fourth-order valence-electron chi connectivity index (χ4n) is 0.733. The van der Waals surface area contributed by atoms with E-state index in [-0.39, 0.29) is 12.3 Å². The number of unbranched alkanes of at least 4 members (excludes halogenated alkanes) is 1. The SMILES string of the molecule is CCCCNCC(=O)C(O)CO. The maximum Gasteiger partial charge on any atom is 0.177 e. The van der Waals surface area contributed by atoms with Crippen molar-refractivity contribution in [1.82, 2.24) is 5.32 Å². The smallest absolute Gasteiger partial charge is 0.177 e. The van der Waals surface area contributed by atoms with Crippen LogP contribution in [0, 0.1) is 0 Å². The molecular formula is C8H17NO3. The van der Waals surface area contributed by atoms with Gasteiger partial charge >= 0.3 is 0 Å². The van der Waals surface area contributed by atoms with Crippen molar-refractivity contribution in [2.24, 2.45) is 0 Å². The summed E-state index contributed by atoms with van der Waals surface area (Å²) in [5.41, 5.74) is 0. The molecule has 72 valence electrons. The largest absolute Gasteiger partial charge is 0.393 e. The third-order valence-corrected chi connectivity index (χ3v) is 1.55. The summed E-state index contributed by atoms with van der Waals surface area (Å²) in [7, 11) is 0. The fraction of sp³-hybridized carbons (Fsp3) is 0.875. The highest BCUT2D eigenvalue weighted by Gasteiger charge is 2.11. The molecular weight excluding hydrogens is 158 g/mol. The van der Waals surface area contributed by atoms with E-state index in [9.17, 15) is 4.79 Å². The Labute approximate surface area is 72.6 Å². The highest BCUT2D eigenvalue weighted by molar-refractivity contribution is 5.84. The molecule has 1 atom stereocenters. The zero-order chi connectivity index (χ0) is 9.40. The quantitative estimate of drug-likeness (QED) is 0.447. The van der Waals surface area contributed by atoms with E-state index in [4.69, 9.17) is 10.2 Å². The first-order chi connectivity index (χ1) is 5.72. The van der Waals surface area contributed by atoms with Crippen LogP contribution in [0.1, 0.15) is 19.8 Å². The minimum atomic E-state index is -1.22. The Bertz CT molecular complexity index is 127. The monoisotopic (exact) mass is 175 g/mol. The summed E-state index contributed by atoms with van der Waals surface area (Å²) in [6.07, 6.45) is 0.866. The van der Waals surface area contributed by atoms with Gasteiger partial charge in [0.2, 0.25) is 0 Å². The topological polar surface area (TPSA) is 69.6 Å². The number of hydrogen-bond acceptors (Lipinski definition) is 4. The molecule has 0 saturated carbocycles. The third-order valence-electron chi connectivity index (χ3n) is 1.55. The maximum absolute atomic E-state index is 10.9. The first-order valence-electron chi connectivity index (χ1n) is 4.24. The van der Waals surface area contributed by atoms with Crippen molar-refractivity contribution < 1.29 is 15.0 Å². The van der Waals surface area contributed by atoms with Gasteiger partial charge in [-0.1, -0.05) is 13.3 Å². The van der Waals surface area contributed by atoms with E-state index in [1.165, 1.54) is 0 Å². The summed E-state index contributed by atoms with van der Waals surface area (Å²) >= 11 is 0. The minimum absolute atomic E-state index is 0.141. The average Bonchev–Trinajstić information content (AvgIpc) is 2.10. The van der Waals surface area contributed by atoms with Crippen molar-refractivity contribution in [1.29, 1.82) is 0 Å². The van der Waals surface area contributed by atoms with E-state index in [2.05, 4.69) is 12.2 Å². The molecule has 0 fully saturated rings. The molecule has 0 heterocycles. The third kappa shape index (κ3) is 5.23. The average molecular weight is 175 g/mol. The van der Waals surface area contributed by atoms with Gasteiger partial charge in [-0.25, -0.2) is 0 Å². The van der Waals surface area contributed by atoms with Gasteiger partial charge in [-0.15, -0.1) is 0 Å². The lowest BCUT2D eigenvalue weighted by atomic mass is 10.2. The van der Waals surface area contributed by atoms with Crippen molar-refractivity contribution in [3.8, 4) is 0 Å². The lowest BCUT2D eigenvalue weighted by Gasteiger charge is -2.06. The van der Waals surface area contributed by atoms with Gasteiger partial charge in [-0.2, -0.15) is 0 Å². The summed E-state index contributed by atoms with van der Waals surface area (Å²) in [5, 5.41) is 20.1. The summed E-state index contributed by atoms with van der Waals surface area (Å²) in [6.45, 7) is 2.49. The standard InChI is InChI=1S/C8H17NO3/c1-2-3-4-9-5-7(11)8(12)6-10/h8-10,12H,2-6H2,1H3. The molecule has 0 aliphatic heterocycles. The molecule has 4 heteroatoms. The van der Waals surface area contributed by atoms with Crippen LogP contribution in [-0.4, -0.2) is 41.8 Å². The highest BCUT2D eigenvalue weighted by atomic mass is 16.3. The van der Waals surface area contributed by atoms with Gasteiger partial charge < -0.3 is 15.5 Å². The second-order valence-corrected chi connectivity index (χ2v) is 2.70. The molecule has 0 aliphatic rings. The Kier molecular flexibility index (Phi) is 6.94. The van der Waals surface area contributed by atoms with Crippen molar-refractivity contribution in [3.05, 3.63) is 0 Å². The van der Waals surface area contributed by atoms with E-state index in [1.807, 2.05) is 0 Å². The van der Waals surface area contributed by atoms with Crippen molar-refractivity contribution in [2.75, 3.05) is 19.7 Å². The molecule has 0 aliphatic carbocycles. The first kappa shape index (κ1) is 11.6. The van der Waals surface area contributed by atoms with Crippen LogP contribution in [0.3, 0.4) is 0 Å². The summed E-state index contributed by atoms with van der Waals surface area (Å²) in [6, 6.07) is 0. The van der Waals surface area contributed by atoms with Gasteiger partial charge in [-0.3, -0.25) is 4.79 Å². The zero-order valence-corrected chi connectivity index (χ0v) is 7.42. The minimum Gasteiger partial charge on any atom is -0.393 e. The Morgan fingerprint density at radius 3 is 2.75 bits per heavy atom. The predicted octanol–water partition coefficient (Wildman–Crippen LogP) is -0.702. The van der Waals surface area contributed by atoms with Crippen molar-refractivity contribution in [3.63, 3.8) is 0 Å². The van der Waals surface area contributed by atoms with Crippen LogP contribution < -0.4 is 5.32 Å². The normalized spacial score (nSPS) is 12.9. The van der Waals surface area contributed by atoms with Crippen LogP contribution >= 0.6 is 0 Å². The number of hydrogen-bond donors (Lipinski definition) is 3. The number of rotatable bonds is 7. The van der Waals surface area contributed by atoms with E-state index < -0.39 is 12.7 Å². The Balaban J connectivity index is 3.31. The Hall–Kier alpha value is -0.450. The van der Waals surface area contributed by atoms with Crippen LogP contribution in [0.25, 0.3) is 0 Å². The highest BCUT2D eigenvalue weighted by Crippen LogP contribution is 1.85. The predicted molar refractivity (Wildman–Crippen MR) is 45.9 cm³/mol. The number of aliphatic hydroxyl groups excluding tert-OH is 2. The van der Waals surface area contributed by atoms with Crippen molar-refractivity contribution >= 4 is 5.78 Å². The van der Waals surface area contributed by atoms with E-state index in [0.29, 0.717) is 0 Å². The zero-order valence-electron chi connectivity index (χ0n) is 7.42. The van der Waals surface area contributed by atoms with Gasteiger partial charge in [0, 0.05) is 0 Å². The second-order valence-electron chi connectivity index (χ2n) is 2.70. The van der Waals surface area contributed by atoms with Gasteiger partial charge in [0.1, 0.15) is 6.10 Å². The second kappa shape index (κ2) is 7.21. The lowest BCUT2D eigenvalue weighted by Crippen LogP contribution is -2.34. The molecule has 3 N–H and O–H groups in total. The molecule has 0 spiro atoms. The molecule has 0 rings (SSSR count). The molecule has 1 unspecified atom stereocenters. The van der Waals surface area contributed by atoms with E-state index >= 15 is 0 Å². The summed E-state index contributed by atoms with van der Waals surface area (Å²) in [5.74, 6) is -0.353. The van der Waals surface area contributed by atoms with E-state index in [1.54, 1.807) is 0 Å². The Morgan fingerprint density at radius 2 is 2.25 bits per heavy atom. The van der Waals surface area contributed by atoms with Crippen LogP contribution in [-0.2, 0) is 4.79 Å². The molecule has 4 nitrogen and oxygen atoms in total. The van der Waals surface area contributed by atoms with Crippen LogP contribution in [0.2, 0.25) is 0 Å². The molecule has 0 aromatic rings. The molecule has 0 aromatic heterocycles. The number of carbonyl (C=O) groups is 1. The molecule has 12 heavy (non-hydrogen) atoms. The van der Waals surface area contributed by atoms with Gasteiger partial charge in [-0.05, 0) is 13.0 Å². The van der Waals surface area contributed by atoms with Gasteiger partial charge in [0.25, 0.3) is 0 Å². The molecule has 0 radical (unpaired) electrons. The van der Waals surface area contributed by atoms with Crippen molar-refractivity contribution in [2.45, 2.75) is 25.9 Å². The first-order valence-corrected chi connectivity index (χ1v) is 4.24. The summed E-state index contributed by atoms with van der Waals surface area (Å²) in [4.78, 5) is 10.9.